The molecule has 3 rings (SSSR count). The van der Waals surface area contributed by atoms with Crippen molar-refractivity contribution < 1.29 is 9.59 Å². The summed E-state index contributed by atoms with van der Waals surface area (Å²) in [5, 5.41) is 1.09. The molecule has 1 aromatic carbocycles. The van der Waals surface area contributed by atoms with Gasteiger partial charge in [0.1, 0.15) is 0 Å². The smallest absolute Gasteiger partial charge is 0.185 e. The summed E-state index contributed by atoms with van der Waals surface area (Å²) in [6.45, 7) is 5.25. The topological polar surface area (TPSA) is 47.0 Å². The second-order valence-electron chi connectivity index (χ2n) is 5.94. The number of allylic oxidation sites excluding steroid dienone is 4. The molecule has 0 N–H and O–H groups in total. The maximum absolute atomic E-state index is 12.4. The van der Waals surface area contributed by atoms with Gasteiger partial charge in [-0.3, -0.25) is 9.59 Å². The van der Waals surface area contributed by atoms with Gasteiger partial charge in [0.15, 0.2) is 11.6 Å². The highest BCUT2D eigenvalue weighted by Crippen LogP contribution is 2.28. The zero-order valence-electron chi connectivity index (χ0n) is 13.6. The summed E-state index contributed by atoms with van der Waals surface area (Å²) in [5.74, 6) is 0.0426. The highest BCUT2D eigenvalue weighted by atomic mass is 32.1. The number of hydrogen-bond donors (Lipinski definition) is 0. The summed E-state index contributed by atoms with van der Waals surface area (Å²) in [6.07, 6.45) is 2.30. The van der Waals surface area contributed by atoms with Crippen molar-refractivity contribution >= 4 is 33.1 Å². The van der Waals surface area contributed by atoms with Gasteiger partial charge in [-0.25, -0.2) is 4.98 Å². The standard InChI is InChI=1S/C19H19NO2S/c1-11-12(2)19(22)14(13(3)18(11)21)7-6-10-17-20-15-8-4-5-9-16(15)23-17/h4-5,8-9H,6-7,10H2,1-3H3. The van der Waals surface area contributed by atoms with Crippen molar-refractivity contribution in [3.8, 4) is 0 Å². The number of carbonyl (C=O) groups excluding carboxylic acids is 2. The summed E-state index contributed by atoms with van der Waals surface area (Å²) in [5.41, 5.74) is 3.50. The van der Waals surface area contributed by atoms with Crippen molar-refractivity contribution in [2.24, 2.45) is 0 Å². The van der Waals surface area contributed by atoms with Crippen molar-refractivity contribution in [3.05, 3.63) is 51.6 Å². The Morgan fingerprint density at radius 1 is 0.913 bits per heavy atom. The molecule has 1 aliphatic carbocycles. The van der Waals surface area contributed by atoms with Crippen molar-refractivity contribution in [3.63, 3.8) is 0 Å². The Bertz CT molecular complexity index is 837. The van der Waals surface area contributed by atoms with E-state index in [0.29, 0.717) is 28.7 Å². The van der Waals surface area contributed by atoms with Gasteiger partial charge >= 0.3 is 0 Å². The normalized spacial score (nSPS) is 16.0. The van der Waals surface area contributed by atoms with Crippen LogP contribution in [0.4, 0.5) is 0 Å². The van der Waals surface area contributed by atoms with Crippen LogP contribution in [0.1, 0.15) is 38.6 Å². The van der Waals surface area contributed by atoms with E-state index in [4.69, 9.17) is 0 Å². The second kappa shape index (κ2) is 6.20. The number of para-hydroxylation sites is 1. The molecule has 0 fully saturated rings. The molecule has 1 aliphatic rings. The molecule has 0 atom stereocenters. The molecule has 0 aliphatic heterocycles. The molecule has 0 bridgehead atoms. The van der Waals surface area contributed by atoms with Crippen molar-refractivity contribution in [1.29, 1.82) is 0 Å². The molecule has 0 radical (unpaired) electrons. The molecule has 0 saturated heterocycles. The van der Waals surface area contributed by atoms with Crippen LogP contribution in [0.3, 0.4) is 0 Å². The molecular formula is C19H19NO2S. The van der Waals surface area contributed by atoms with Crippen LogP contribution in [0, 0.1) is 0 Å². The number of thiazole rings is 1. The quantitative estimate of drug-likeness (QED) is 0.782. The number of benzene rings is 1. The van der Waals surface area contributed by atoms with E-state index in [1.807, 2.05) is 18.2 Å². The first kappa shape index (κ1) is 15.8. The predicted octanol–water partition coefficient (Wildman–Crippen LogP) is 4.42. The molecule has 0 unspecified atom stereocenters. The van der Waals surface area contributed by atoms with Crippen molar-refractivity contribution in [1.82, 2.24) is 4.98 Å². The molecule has 1 aromatic heterocycles. The predicted molar refractivity (Wildman–Crippen MR) is 93.6 cm³/mol. The summed E-state index contributed by atoms with van der Waals surface area (Å²) in [6, 6.07) is 8.09. The minimum absolute atomic E-state index is 0.0112. The van der Waals surface area contributed by atoms with Gasteiger partial charge in [0, 0.05) is 22.3 Å². The Hall–Kier alpha value is -2.07. The van der Waals surface area contributed by atoms with Gasteiger partial charge in [0.05, 0.1) is 15.2 Å². The average Bonchev–Trinajstić information content (AvgIpc) is 2.97. The van der Waals surface area contributed by atoms with Crippen LogP contribution >= 0.6 is 11.3 Å². The fraction of sp³-hybridized carbons (Fsp3) is 0.316. The van der Waals surface area contributed by atoms with Crippen LogP contribution in [-0.4, -0.2) is 16.6 Å². The van der Waals surface area contributed by atoms with E-state index >= 15 is 0 Å². The van der Waals surface area contributed by atoms with Gasteiger partial charge < -0.3 is 0 Å². The number of carbonyl (C=O) groups is 2. The van der Waals surface area contributed by atoms with Gasteiger partial charge in [-0.1, -0.05) is 12.1 Å². The first-order valence-corrected chi connectivity index (χ1v) is 8.61. The number of ketones is 2. The van der Waals surface area contributed by atoms with E-state index in [9.17, 15) is 9.59 Å². The lowest BCUT2D eigenvalue weighted by Gasteiger charge is -2.18. The molecule has 23 heavy (non-hydrogen) atoms. The third-order valence-corrected chi connectivity index (χ3v) is 5.56. The van der Waals surface area contributed by atoms with E-state index in [2.05, 4.69) is 11.1 Å². The van der Waals surface area contributed by atoms with Crippen LogP contribution in [0.15, 0.2) is 46.6 Å². The number of fused-ring (bicyclic) bond motifs is 1. The molecule has 1 heterocycles. The first-order chi connectivity index (χ1) is 11.0. The number of aromatic nitrogens is 1. The number of Topliss-reactive ketones (excluding diaryl/α,β-unsaturated/α-hetero) is 2. The third kappa shape index (κ3) is 2.91. The molecular weight excluding hydrogens is 306 g/mol. The molecule has 4 heteroatoms. The van der Waals surface area contributed by atoms with E-state index in [-0.39, 0.29) is 11.6 Å². The minimum atomic E-state index is 0.0112. The molecule has 118 valence electrons. The summed E-state index contributed by atoms with van der Waals surface area (Å²) in [7, 11) is 0. The largest absolute Gasteiger partial charge is 0.289 e. The van der Waals surface area contributed by atoms with Crippen molar-refractivity contribution in [2.45, 2.75) is 40.0 Å². The molecule has 3 nitrogen and oxygen atoms in total. The van der Waals surface area contributed by atoms with Gasteiger partial charge in [0.2, 0.25) is 0 Å². The minimum Gasteiger partial charge on any atom is -0.289 e. The number of hydrogen-bond acceptors (Lipinski definition) is 4. The Morgan fingerprint density at radius 2 is 1.61 bits per heavy atom. The monoisotopic (exact) mass is 325 g/mol. The maximum atomic E-state index is 12.4. The number of rotatable bonds is 4. The highest BCUT2D eigenvalue weighted by Gasteiger charge is 2.27. The van der Waals surface area contributed by atoms with E-state index in [1.165, 1.54) is 4.70 Å². The molecule has 0 saturated carbocycles. The van der Waals surface area contributed by atoms with E-state index in [1.54, 1.807) is 32.1 Å². The Morgan fingerprint density at radius 3 is 2.35 bits per heavy atom. The summed E-state index contributed by atoms with van der Waals surface area (Å²) >= 11 is 1.70. The van der Waals surface area contributed by atoms with Crippen LogP contribution in [0.2, 0.25) is 0 Å². The Labute approximate surface area is 139 Å². The van der Waals surface area contributed by atoms with Gasteiger partial charge in [-0.05, 0) is 52.2 Å². The first-order valence-electron chi connectivity index (χ1n) is 7.80. The molecule has 0 amide bonds. The van der Waals surface area contributed by atoms with Gasteiger partial charge in [-0.15, -0.1) is 11.3 Å². The Kier molecular flexibility index (Phi) is 4.26. The SMILES string of the molecule is CC1=C(C)C(=O)C(CCCc2nc3ccccc3s2)=C(C)C1=O. The third-order valence-electron chi connectivity index (χ3n) is 4.47. The summed E-state index contributed by atoms with van der Waals surface area (Å²) < 4.78 is 1.19. The van der Waals surface area contributed by atoms with Gasteiger partial charge in [-0.2, -0.15) is 0 Å². The van der Waals surface area contributed by atoms with Crippen LogP contribution < -0.4 is 0 Å². The Balaban J connectivity index is 1.71. The van der Waals surface area contributed by atoms with Crippen LogP contribution in [0.5, 0.6) is 0 Å². The zero-order chi connectivity index (χ0) is 16.6. The number of nitrogens with zero attached hydrogens (tertiary/aromatic N) is 1. The van der Waals surface area contributed by atoms with E-state index in [0.717, 1.165) is 23.4 Å². The lowest BCUT2D eigenvalue weighted by atomic mass is 9.84. The zero-order valence-corrected chi connectivity index (χ0v) is 14.4. The molecule has 0 spiro atoms. The fourth-order valence-electron chi connectivity index (χ4n) is 2.90. The van der Waals surface area contributed by atoms with Gasteiger partial charge in [0.25, 0.3) is 0 Å². The van der Waals surface area contributed by atoms with Crippen molar-refractivity contribution in [2.75, 3.05) is 0 Å². The van der Waals surface area contributed by atoms with E-state index < -0.39 is 0 Å². The lowest BCUT2D eigenvalue weighted by molar-refractivity contribution is -0.116. The number of aryl methyl sites for hydroxylation is 1. The van der Waals surface area contributed by atoms with Crippen LogP contribution in [-0.2, 0) is 16.0 Å². The fourth-order valence-corrected chi connectivity index (χ4v) is 3.91. The lowest BCUT2D eigenvalue weighted by Crippen LogP contribution is -2.20. The maximum Gasteiger partial charge on any atom is 0.185 e. The summed E-state index contributed by atoms with van der Waals surface area (Å²) in [4.78, 5) is 29.2. The molecule has 2 aromatic rings. The highest BCUT2D eigenvalue weighted by molar-refractivity contribution is 7.18. The average molecular weight is 325 g/mol. The second-order valence-corrected chi connectivity index (χ2v) is 7.06. The van der Waals surface area contributed by atoms with Crippen LogP contribution in [0.25, 0.3) is 10.2 Å².